The molecule has 0 fully saturated rings. The normalized spacial score (nSPS) is 13.2. The van der Waals surface area contributed by atoms with Crippen LogP contribution in [0.15, 0.2) is 15.9 Å². The van der Waals surface area contributed by atoms with Crippen molar-refractivity contribution in [3.05, 3.63) is 20.8 Å². The van der Waals surface area contributed by atoms with Crippen molar-refractivity contribution in [3.8, 4) is 0 Å². The number of Topliss-reactive ketones (excluding diaryl/α,β-unsaturated/α-hetero) is 1. The molecule has 0 amide bonds. The minimum Gasteiger partial charge on any atom is -0.396 e. The summed E-state index contributed by atoms with van der Waals surface area (Å²) < 4.78 is 0.946. The van der Waals surface area contributed by atoms with E-state index in [4.69, 9.17) is 5.11 Å². The standard InChI is InChI=1S/C10H13BrO2S/c1-6(2)7(5-12)10(13)8-3-4-9(11)14-8/h3-4,6-7,12H,5H2,1-2H3. The van der Waals surface area contributed by atoms with Gasteiger partial charge in [-0.25, -0.2) is 0 Å². The molecule has 1 aromatic heterocycles. The third kappa shape index (κ3) is 2.65. The summed E-state index contributed by atoms with van der Waals surface area (Å²) in [5.74, 6) is -0.0628. The average Bonchev–Trinajstić information content (AvgIpc) is 2.52. The van der Waals surface area contributed by atoms with Crippen molar-refractivity contribution in [2.75, 3.05) is 6.61 Å². The van der Waals surface area contributed by atoms with Crippen LogP contribution in [0.1, 0.15) is 23.5 Å². The fourth-order valence-corrected chi connectivity index (χ4v) is 2.62. The Morgan fingerprint density at radius 3 is 2.57 bits per heavy atom. The van der Waals surface area contributed by atoms with Crippen molar-refractivity contribution in [2.24, 2.45) is 11.8 Å². The van der Waals surface area contributed by atoms with Gasteiger partial charge in [-0.1, -0.05) is 13.8 Å². The second-order valence-corrected chi connectivity index (χ2v) is 5.96. The van der Waals surface area contributed by atoms with Gasteiger partial charge in [0.25, 0.3) is 0 Å². The van der Waals surface area contributed by atoms with Crippen molar-refractivity contribution in [1.82, 2.24) is 0 Å². The van der Waals surface area contributed by atoms with Gasteiger partial charge >= 0.3 is 0 Å². The van der Waals surface area contributed by atoms with Gasteiger partial charge in [-0.2, -0.15) is 0 Å². The molecule has 0 aliphatic rings. The molecule has 0 aliphatic carbocycles. The number of hydrogen-bond donors (Lipinski definition) is 1. The highest BCUT2D eigenvalue weighted by Gasteiger charge is 2.23. The smallest absolute Gasteiger partial charge is 0.178 e. The zero-order valence-electron chi connectivity index (χ0n) is 8.16. The van der Waals surface area contributed by atoms with Crippen molar-refractivity contribution < 1.29 is 9.90 Å². The molecule has 0 aliphatic heterocycles. The molecule has 0 aromatic carbocycles. The van der Waals surface area contributed by atoms with Crippen LogP contribution in [-0.4, -0.2) is 17.5 Å². The summed E-state index contributed by atoms with van der Waals surface area (Å²) in [7, 11) is 0. The molecular weight excluding hydrogens is 264 g/mol. The van der Waals surface area contributed by atoms with Crippen LogP contribution in [0.2, 0.25) is 0 Å². The number of rotatable bonds is 4. The van der Waals surface area contributed by atoms with E-state index in [0.717, 1.165) is 3.79 Å². The Labute approximate surface area is 96.1 Å². The van der Waals surface area contributed by atoms with E-state index in [9.17, 15) is 4.79 Å². The summed E-state index contributed by atoms with van der Waals surface area (Å²) in [4.78, 5) is 12.6. The maximum absolute atomic E-state index is 11.9. The summed E-state index contributed by atoms with van der Waals surface area (Å²) in [6.07, 6.45) is 0. The zero-order valence-corrected chi connectivity index (χ0v) is 10.6. The van der Waals surface area contributed by atoms with Crippen molar-refractivity contribution in [1.29, 1.82) is 0 Å². The molecule has 1 unspecified atom stereocenters. The van der Waals surface area contributed by atoms with Gasteiger partial charge in [0.15, 0.2) is 5.78 Å². The third-order valence-corrected chi connectivity index (χ3v) is 3.79. The Morgan fingerprint density at radius 1 is 1.57 bits per heavy atom. The van der Waals surface area contributed by atoms with Crippen LogP contribution in [0.5, 0.6) is 0 Å². The van der Waals surface area contributed by atoms with E-state index >= 15 is 0 Å². The minimum absolute atomic E-state index is 0.0400. The van der Waals surface area contributed by atoms with Crippen LogP contribution in [0.3, 0.4) is 0 Å². The van der Waals surface area contributed by atoms with Gasteiger partial charge in [0.05, 0.1) is 15.3 Å². The number of aliphatic hydroxyl groups is 1. The Morgan fingerprint density at radius 2 is 2.21 bits per heavy atom. The number of ketones is 1. The molecule has 0 bridgehead atoms. The first-order valence-corrected chi connectivity index (χ1v) is 6.07. The number of carbonyl (C=O) groups excluding carboxylic acids is 1. The average molecular weight is 277 g/mol. The second kappa shape index (κ2) is 5.05. The van der Waals surface area contributed by atoms with E-state index in [1.807, 2.05) is 19.9 Å². The van der Waals surface area contributed by atoms with E-state index in [-0.39, 0.29) is 24.2 Å². The van der Waals surface area contributed by atoms with Gasteiger partial charge < -0.3 is 5.11 Å². The molecule has 0 radical (unpaired) electrons. The number of hydrogen-bond acceptors (Lipinski definition) is 3. The van der Waals surface area contributed by atoms with Crippen molar-refractivity contribution >= 4 is 33.0 Å². The minimum atomic E-state index is -0.277. The van der Waals surface area contributed by atoms with Crippen LogP contribution in [0.25, 0.3) is 0 Å². The highest BCUT2D eigenvalue weighted by atomic mass is 79.9. The molecular formula is C10H13BrO2S. The topological polar surface area (TPSA) is 37.3 Å². The zero-order chi connectivity index (χ0) is 10.7. The third-order valence-electron chi connectivity index (χ3n) is 2.15. The lowest BCUT2D eigenvalue weighted by atomic mass is 9.92. The molecule has 1 aromatic rings. The molecule has 78 valence electrons. The Balaban J connectivity index is 2.83. The molecule has 1 atom stereocenters. The molecule has 2 nitrogen and oxygen atoms in total. The SMILES string of the molecule is CC(C)C(CO)C(=O)c1ccc(Br)s1. The van der Waals surface area contributed by atoms with Gasteiger partial charge in [0.1, 0.15) is 0 Å². The van der Waals surface area contributed by atoms with Gasteiger partial charge in [-0.3, -0.25) is 4.79 Å². The first kappa shape index (κ1) is 11.9. The summed E-state index contributed by atoms with van der Waals surface area (Å²) in [6, 6.07) is 3.65. The molecule has 14 heavy (non-hydrogen) atoms. The summed E-state index contributed by atoms with van der Waals surface area (Å²) in [6.45, 7) is 3.81. The first-order chi connectivity index (χ1) is 6.56. The molecule has 0 saturated heterocycles. The monoisotopic (exact) mass is 276 g/mol. The lowest BCUT2D eigenvalue weighted by Crippen LogP contribution is -2.23. The van der Waals surface area contributed by atoms with E-state index in [1.165, 1.54) is 11.3 Å². The van der Waals surface area contributed by atoms with Crippen LogP contribution < -0.4 is 0 Å². The predicted molar refractivity (Wildman–Crippen MR) is 61.8 cm³/mol. The lowest BCUT2D eigenvalue weighted by Gasteiger charge is -2.15. The molecule has 0 spiro atoms. The van der Waals surface area contributed by atoms with E-state index < -0.39 is 0 Å². The van der Waals surface area contributed by atoms with Crippen molar-refractivity contribution in [3.63, 3.8) is 0 Å². The van der Waals surface area contributed by atoms with E-state index in [2.05, 4.69) is 15.9 Å². The van der Waals surface area contributed by atoms with Crippen molar-refractivity contribution in [2.45, 2.75) is 13.8 Å². The fourth-order valence-electron chi connectivity index (χ4n) is 1.23. The van der Waals surface area contributed by atoms with Crippen LogP contribution in [0, 0.1) is 11.8 Å². The number of halogens is 1. The summed E-state index contributed by atoms with van der Waals surface area (Å²) >= 11 is 4.73. The van der Waals surface area contributed by atoms with Gasteiger partial charge in [0, 0.05) is 5.92 Å². The van der Waals surface area contributed by atoms with Gasteiger partial charge in [-0.05, 0) is 34.0 Å². The van der Waals surface area contributed by atoms with Gasteiger partial charge in [0.2, 0.25) is 0 Å². The van der Waals surface area contributed by atoms with Crippen LogP contribution >= 0.6 is 27.3 Å². The highest BCUT2D eigenvalue weighted by Crippen LogP contribution is 2.26. The first-order valence-electron chi connectivity index (χ1n) is 4.46. The van der Waals surface area contributed by atoms with Crippen LogP contribution in [-0.2, 0) is 0 Å². The lowest BCUT2D eigenvalue weighted by molar-refractivity contribution is 0.0811. The molecule has 1 rings (SSSR count). The van der Waals surface area contributed by atoms with Crippen LogP contribution in [0.4, 0.5) is 0 Å². The Bertz CT molecular complexity index is 320. The number of thiophene rings is 1. The fraction of sp³-hybridized carbons (Fsp3) is 0.500. The predicted octanol–water partition coefficient (Wildman–Crippen LogP) is 2.96. The summed E-state index contributed by atoms with van der Waals surface area (Å²) in [5, 5.41) is 9.11. The summed E-state index contributed by atoms with van der Waals surface area (Å²) in [5.41, 5.74) is 0. The Kier molecular flexibility index (Phi) is 4.29. The quantitative estimate of drug-likeness (QED) is 0.859. The molecule has 1 heterocycles. The van der Waals surface area contributed by atoms with Gasteiger partial charge in [-0.15, -0.1) is 11.3 Å². The largest absolute Gasteiger partial charge is 0.396 e. The highest BCUT2D eigenvalue weighted by molar-refractivity contribution is 9.11. The van der Waals surface area contributed by atoms with E-state index in [0.29, 0.717) is 4.88 Å². The number of aliphatic hydroxyl groups excluding tert-OH is 1. The maximum Gasteiger partial charge on any atom is 0.178 e. The maximum atomic E-state index is 11.9. The Hall–Kier alpha value is -0.190. The molecule has 0 saturated carbocycles. The molecule has 1 N–H and O–H groups in total. The molecule has 4 heteroatoms. The second-order valence-electron chi connectivity index (χ2n) is 3.50. The van der Waals surface area contributed by atoms with E-state index in [1.54, 1.807) is 6.07 Å². The number of carbonyl (C=O) groups is 1.